The quantitative estimate of drug-likeness (QED) is 0.560. The molecule has 3 atom stereocenters. The van der Waals surface area contributed by atoms with Gasteiger partial charge in [0, 0.05) is 6.08 Å². The number of amides is 1. The van der Waals surface area contributed by atoms with Crippen molar-refractivity contribution < 1.29 is 19.1 Å². The minimum atomic E-state index is -0.564. The summed E-state index contributed by atoms with van der Waals surface area (Å²) in [6.07, 6.45) is 7.14. The number of allylic oxidation sites excluding steroid dienone is 2. The second-order valence-corrected chi connectivity index (χ2v) is 7.71. The van der Waals surface area contributed by atoms with E-state index in [2.05, 4.69) is 32.2 Å². The number of nitrogens with one attached hydrogen (secondary N) is 1. The predicted molar refractivity (Wildman–Crippen MR) is 94.6 cm³/mol. The van der Waals surface area contributed by atoms with Crippen LogP contribution in [0.3, 0.4) is 0 Å². The van der Waals surface area contributed by atoms with E-state index >= 15 is 0 Å². The third-order valence-electron chi connectivity index (χ3n) is 3.64. The minimum absolute atomic E-state index is 0.288. The van der Waals surface area contributed by atoms with Gasteiger partial charge in [-0.3, -0.25) is 0 Å². The number of hydrogen-bond donors (Lipinski definition) is 1. The molecule has 3 unspecified atom stereocenters. The third kappa shape index (κ3) is 8.18. The summed E-state index contributed by atoms with van der Waals surface area (Å²) in [7, 11) is 0. The molecule has 136 valence electrons. The van der Waals surface area contributed by atoms with E-state index in [1.807, 2.05) is 20.8 Å². The van der Waals surface area contributed by atoms with Gasteiger partial charge in [-0.15, -0.1) is 0 Å². The van der Waals surface area contributed by atoms with Gasteiger partial charge in [-0.1, -0.05) is 18.6 Å². The van der Waals surface area contributed by atoms with Crippen LogP contribution in [0.25, 0.3) is 0 Å². The molecule has 0 bridgehead atoms. The first-order valence-corrected chi connectivity index (χ1v) is 8.58. The maximum absolute atomic E-state index is 12.1. The average molecular weight is 337 g/mol. The molecule has 0 spiro atoms. The summed E-state index contributed by atoms with van der Waals surface area (Å²) in [4.78, 5) is 23.4. The zero-order chi connectivity index (χ0) is 18.3. The maximum Gasteiger partial charge on any atom is 0.408 e. The van der Waals surface area contributed by atoms with Gasteiger partial charge in [0.05, 0.1) is 6.04 Å². The summed E-state index contributed by atoms with van der Waals surface area (Å²) >= 11 is 0. The second kappa shape index (κ2) is 8.90. The molecule has 5 heteroatoms. The highest BCUT2D eigenvalue weighted by molar-refractivity contribution is 5.84. The smallest absolute Gasteiger partial charge is 0.408 e. The first-order chi connectivity index (χ1) is 11.1. The molecule has 1 amide bonds. The predicted octanol–water partition coefficient (Wildman–Crippen LogP) is 4.13. The fourth-order valence-corrected chi connectivity index (χ4v) is 2.54. The molecular weight excluding hydrogens is 306 g/mol. The number of ether oxygens (including phenoxy) is 2. The number of esters is 1. The standard InChI is InChI=1S/C19H31NO4/c1-13(2)8-7-9-14(3)12-15(16-10-11-17(21)23-16)20-18(22)24-19(4,5)6/h8,10-11,14-16H,7,9,12H2,1-6H3,(H,20,22). The Morgan fingerprint density at radius 3 is 2.58 bits per heavy atom. The highest BCUT2D eigenvalue weighted by Gasteiger charge is 2.30. The normalized spacial score (nSPS) is 19.4. The Balaban J connectivity index is 2.64. The Labute approximate surface area is 145 Å². The van der Waals surface area contributed by atoms with Crippen molar-refractivity contribution in [3.05, 3.63) is 23.8 Å². The van der Waals surface area contributed by atoms with Crippen LogP contribution in [0.1, 0.15) is 60.8 Å². The zero-order valence-electron chi connectivity index (χ0n) is 15.7. The van der Waals surface area contributed by atoms with Gasteiger partial charge in [0.15, 0.2) is 0 Å². The first-order valence-electron chi connectivity index (χ1n) is 8.58. The molecule has 1 aliphatic heterocycles. The largest absolute Gasteiger partial charge is 0.453 e. The monoisotopic (exact) mass is 337 g/mol. The lowest BCUT2D eigenvalue weighted by atomic mass is 9.93. The molecule has 0 aromatic heterocycles. The summed E-state index contributed by atoms with van der Waals surface area (Å²) in [6, 6.07) is -0.288. The average Bonchev–Trinajstić information content (AvgIpc) is 2.82. The number of carbonyl (C=O) groups is 2. The van der Waals surface area contributed by atoms with Crippen molar-refractivity contribution in [1.29, 1.82) is 0 Å². The summed E-state index contributed by atoms with van der Waals surface area (Å²) in [6.45, 7) is 11.8. The molecule has 0 aromatic rings. The molecule has 1 aliphatic rings. The van der Waals surface area contributed by atoms with E-state index in [0.717, 1.165) is 19.3 Å². The third-order valence-corrected chi connectivity index (χ3v) is 3.64. The van der Waals surface area contributed by atoms with Crippen molar-refractivity contribution in [2.45, 2.75) is 78.6 Å². The molecule has 24 heavy (non-hydrogen) atoms. The molecule has 1 rings (SSSR count). The zero-order valence-corrected chi connectivity index (χ0v) is 15.7. The lowest BCUT2D eigenvalue weighted by Crippen LogP contribution is -2.46. The Hall–Kier alpha value is -1.78. The van der Waals surface area contributed by atoms with Crippen LogP contribution in [0.5, 0.6) is 0 Å². The number of hydrogen-bond acceptors (Lipinski definition) is 4. The van der Waals surface area contributed by atoms with Gasteiger partial charge in [0.25, 0.3) is 0 Å². The molecule has 1 heterocycles. The van der Waals surface area contributed by atoms with E-state index in [4.69, 9.17) is 9.47 Å². The summed E-state index contributed by atoms with van der Waals surface area (Å²) < 4.78 is 10.6. The van der Waals surface area contributed by atoms with E-state index in [1.165, 1.54) is 11.6 Å². The van der Waals surface area contributed by atoms with Gasteiger partial charge in [0.1, 0.15) is 11.7 Å². The van der Waals surface area contributed by atoms with Crippen molar-refractivity contribution in [2.75, 3.05) is 0 Å². The fourth-order valence-electron chi connectivity index (χ4n) is 2.54. The molecule has 0 aliphatic carbocycles. The topological polar surface area (TPSA) is 64.6 Å². The molecule has 0 aromatic carbocycles. The van der Waals surface area contributed by atoms with Crippen molar-refractivity contribution in [3.63, 3.8) is 0 Å². The lowest BCUT2D eigenvalue weighted by molar-refractivity contribution is -0.139. The van der Waals surface area contributed by atoms with Crippen LogP contribution < -0.4 is 5.32 Å². The van der Waals surface area contributed by atoms with E-state index in [1.54, 1.807) is 6.08 Å². The van der Waals surface area contributed by atoms with Crippen LogP contribution in [0.2, 0.25) is 0 Å². The molecule has 0 radical (unpaired) electrons. The van der Waals surface area contributed by atoms with Crippen molar-refractivity contribution in [2.24, 2.45) is 5.92 Å². The van der Waals surface area contributed by atoms with Gasteiger partial charge in [-0.2, -0.15) is 0 Å². The van der Waals surface area contributed by atoms with Gasteiger partial charge in [0.2, 0.25) is 0 Å². The number of carbonyl (C=O) groups excluding carboxylic acids is 2. The van der Waals surface area contributed by atoms with Crippen LogP contribution in [-0.4, -0.2) is 29.8 Å². The second-order valence-electron chi connectivity index (χ2n) is 7.71. The number of rotatable bonds is 7. The lowest BCUT2D eigenvalue weighted by Gasteiger charge is -2.27. The van der Waals surface area contributed by atoms with Gasteiger partial charge in [-0.25, -0.2) is 9.59 Å². The van der Waals surface area contributed by atoms with Gasteiger partial charge < -0.3 is 14.8 Å². The van der Waals surface area contributed by atoms with Gasteiger partial charge in [-0.05, 0) is 65.9 Å². The van der Waals surface area contributed by atoms with Crippen molar-refractivity contribution in [1.82, 2.24) is 5.32 Å². The van der Waals surface area contributed by atoms with E-state index in [0.29, 0.717) is 5.92 Å². The van der Waals surface area contributed by atoms with E-state index < -0.39 is 17.8 Å². The van der Waals surface area contributed by atoms with Crippen LogP contribution in [0.15, 0.2) is 23.8 Å². The van der Waals surface area contributed by atoms with Crippen LogP contribution >= 0.6 is 0 Å². The highest BCUT2D eigenvalue weighted by atomic mass is 16.6. The van der Waals surface area contributed by atoms with Gasteiger partial charge >= 0.3 is 12.1 Å². The van der Waals surface area contributed by atoms with E-state index in [9.17, 15) is 9.59 Å². The highest BCUT2D eigenvalue weighted by Crippen LogP contribution is 2.21. The minimum Gasteiger partial charge on any atom is -0.453 e. The van der Waals surface area contributed by atoms with Crippen LogP contribution in [-0.2, 0) is 14.3 Å². The Bertz CT molecular complexity index is 498. The Kier molecular flexibility index (Phi) is 7.52. The molecule has 5 nitrogen and oxygen atoms in total. The number of cyclic esters (lactones) is 1. The fraction of sp³-hybridized carbons (Fsp3) is 0.684. The number of alkyl carbamates (subject to hydrolysis) is 1. The van der Waals surface area contributed by atoms with E-state index in [-0.39, 0.29) is 12.0 Å². The van der Waals surface area contributed by atoms with Crippen LogP contribution in [0.4, 0.5) is 4.79 Å². The Morgan fingerprint density at radius 1 is 1.42 bits per heavy atom. The summed E-state index contributed by atoms with van der Waals surface area (Å²) in [5.41, 5.74) is 0.740. The molecule has 1 N–H and O–H groups in total. The van der Waals surface area contributed by atoms with Crippen LogP contribution in [0, 0.1) is 5.92 Å². The maximum atomic E-state index is 12.1. The van der Waals surface area contributed by atoms with Crippen molar-refractivity contribution in [3.8, 4) is 0 Å². The molecular formula is C19H31NO4. The molecule has 0 saturated carbocycles. The SMILES string of the molecule is CC(C)=CCCC(C)CC(NC(=O)OC(C)(C)C)C1C=CC(=O)O1. The summed E-state index contributed by atoms with van der Waals surface area (Å²) in [5.74, 6) is 0.0152. The first kappa shape index (κ1) is 20.3. The van der Waals surface area contributed by atoms with Crippen molar-refractivity contribution >= 4 is 12.1 Å². The Morgan fingerprint density at radius 2 is 2.08 bits per heavy atom. The summed E-state index contributed by atoms with van der Waals surface area (Å²) in [5, 5.41) is 2.86. The molecule has 0 saturated heterocycles. The molecule has 0 fully saturated rings.